The molecule has 13 nitrogen and oxygen atoms in total. The molecule has 32 heavy (non-hydrogen) atoms. The van der Waals surface area contributed by atoms with E-state index in [0.717, 1.165) is 33.5 Å². The fraction of sp³-hybridized carbons (Fsp3) is 0. The van der Waals surface area contributed by atoms with Crippen LogP contribution >= 0.6 is 36.7 Å². The van der Waals surface area contributed by atoms with E-state index in [1.54, 1.807) is 38.0 Å². The van der Waals surface area contributed by atoms with Crippen molar-refractivity contribution in [3.63, 3.8) is 0 Å². The molecular weight excluding hydrogens is 669 g/mol. The Morgan fingerprint density at radius 3 is 1.09 bits per heavy atom. The average Bonchev–Trinajstić information content (AvgIpc) is 3.57. The summed E-state index contributed by atoms with van der Waals surface area (Å²) in [5.74, 6) is 0. The normalized spacial score (nSPS) is 9.88. The molecule has 0 aromatic carbocycles. The zero-order valence-electron chi connectivity index (χ0n) is 15.9. The Bertz CT molecular complexity index is 1420. The van der Waals surface area contributed by atoms with Gasteiger partial charge in [0.1, 0.15) is 0 Å². The van der Waals surface area contributed by atoms with E-state index in [0.29, 0.717) is 13.9 Å². The van der Waals surface area contributed by atoms with Crippen molar-refractivity contribution in [1.82, 2.24) is 44.9 Å². The van der Waals surface area contributed by atoms with E-state index in [1.807, 2.05) is 0 Å². The number of nitrogens with one attached hydrogen (secondary N) is 9. The molecular formula is C15H15BiN12OS3+3. The minimum absolute atomic E-state index is 0.194. The molecule has 0 aliphatic heterocycles. The first-order chi connectivity index (χ1) is 15.6. The summed E-state index contributed by atoms with van der Waals surface area (Å²) < 4.78 is 10.4. The number of H-pyrrole nitrogens is 9. The maximum atomic E-state index is 8.36. The number of hydrogen-bond donors (Lipinski definition) is 6. The zero-order chi connectivity index (χ0) is 22.9. The molecule has 0 aliphatic rings. The Labute approximate surface area is 208 Å². The Balaban J connectivity index is 0.000000130. The Kier molecular flexibility index (Phi) is 8.55. The van der Waals surface area contributed by atoms with Crippen LogP contribution in [0.2, 0.25) is 0 Å². The zero-order valence-corrected chi connectivity index (χ0v) is 21.8. The van der Waals surface area contributed by atoms with Crippen LogP contribution in [0.15, 0.2) is 38.0 Å². The number of fused-ring (bicyclic) bond motifs is 3. The number of hydrogen-bond acceptors (Lipinski definition) is 7. The van der Waals surface area contributed by atoms with Gasteiger partial charge < -0.3 is 15.0 Å². The fourth-order valence-corrected chi connectivity index (χ4v) is 3.10. The van der Waals surface area contributed by atoms with E-state index in [4.69, 9.17) is 39.5 Å². The topological polar surface area (TPSA) is 193 Å². The molecule has 6 aromatic heterocycles. The molecule has 0 saturated heterocycles. The van der Waals surface area contributed by atoms with Gasteiger partial charge in [0.25, 0.3) is 0 Å². The van der Waals surface area contributed by atoms with E-state index >= 15 is 0 Å². The van der Waals surface area contributed by atoms with Gasteiger partial charge in [-0.2, -0.15) is 15.0 Å². The first-order valence-corrected chi connectivity index (χ1v) is 11.2. The third-order valence-electron chi connectivity index (χ3n) is 3.84. The van der Waals surface area contributed by atoms with Gasteiger partial charge in [0, 0.05) is 0 Å². The van der Waals surface area contributed by atoms with Gasteiger partial charge in [-0.05, 0) is 36.7 Å². The summed E-state index contributed by atoms with van der Waals surface area (Å²) in [5, 5.41) is 0. The summed E-state index contributed by atoms with van der Waals surface area (Å²) in [4.78, 5) is 37.9. The summed E-state index contributed by atoms with van der Waals surface area (Å²) in [6.45, 7) is 0. The molecule has 0 unspecified atom stereocenters. The standard InChI is InChI=1S/3C5H4N4S.Bi.O/c3*10-5-3-4(7-1-6-3)8-2-9-5;;/h3*1-2H,(H2,6,7,8,9,10);;/p+3. The summed E-state index contributed by atoms with van der Waals surface area (Å²) in [5.41, 5.74) is 4.88. The second kappa shape index (κ2) is 11.6. The van der Waals surface area contributed by atoms with E-state index in [-0.39, 0.29) is 24.7 Å². The molecule has 6 aromatic rings. The van der Waals surface area contributed by atoms with Gasteiger partial charge in [-0.15, -0.1) is 0 Å². The van der Waals surface area contributed by atoms with E-state index in [9.17, 15) is 0 Å². The van der Waals surface area contributed by atoms with Crippen LogP contribution in [-0.4, -0.2) is 69.6 Å². The molecule has 0 bridgehead atoms. The third kappa shape index (κ3) is 5.61. The van der Waals surface area contributed by atoms with Crippen molar-refractivity contribution in [2.45, 2.75) is 0 Å². The van der Waals surface area contributed by atoms with Gasteiger partial charge in [-0.3, -0.25) is 0 Å². The first kappa shape index (κ1) is 23.7. The molecule has 6 heterocycles. The third-order valence-corrected chi connectivity index (χ3v) is 4.80. The number of aromatic amines is 9. The quantitative estimate of drug-likeness (QED) is 0.101. The molecule has 6 rings (SSSR count). The van der Waals surface area contributed by atoms with Crippen LogP contribution in [0, 0.1) is 13.9 Å². The number of rotatable bonds is 0. The van der Waals surface area contributed by atoms with Gasteiger partial charge in [-0.25, -0.2) is 29.9 Å². The number of imidazole rings is 3. The second-order valence-corrected chi connectivity index (χ2v) is 6.89. The molecule has 0 aliphatic carbocycles. The van der Waals surface area contributed by atoms with Crippen LogP contribution in [0.3, 0.4) is 0 Å². The molecule has 0 fully saturated rings. The van der Waals surface area contributed by atoms with Gasteiger partial charge in [0.15, 0.2) is 16.6 Å². The van der Waals surface area contributed by atoms with Crippen LogP contribution in [0.1, 0.15) is 0 Å². The molecule has 17 heteroatoms. The van der Waals surface area contributed by atoms with Crippen molar-refractivity contribution in [3.8, 4) is 0 Å². The van der Waals surface area contributed by atoms with Crippen molar-refractivity contribution in [2.75, 3.05) is 0 Å². The van der Waals surface area contributed by atoms with Gasteiger partial charge in [0.05, 0.1) is 19.0 Å². The fourth-order valence-electron chi connectivity index (χ4n) is 2.46. The van der Waals surface area contributed by atoms with Crippen LogP contribution in [0.5, 0.6) is 0 Å². The van der Waals surface area contributed by atoms with Gasteiger partial charge in [-0.1, -0.05) is 0 Å². The monoisotopic (exact) mass is 684 g/mol. The van der Waals surface area contributed by atoms with Crippen molar-refractivity contribution >= 4 is 94.9 Å². The summed E-state index contributed by atoms with van der Waals surface area (Å²) in [6.07, 6.45) is 9.78. The SMILES string of the molecule is S=c1[nH+]c[nH]c2nc[nH]c12.S=c1[nH+]c[nH]c2nc[nH]c12.S=c1[nH+]c[nH]c2nc[nH]c12.[O]=[Bi]. The average molecular weight is 685 g/mol. The van der Waals surface area contributed by atoms with Crippen molar-refractivity contribution in [2.24, 2.45) is 0 Å². The second-order valence-electron chi connectivity index (χ2n) is 5.66. The summed E-state index contributed by atoms with van der Waals surface area (Å²) in [7, 11) is 0. The molecule has 0 spiro atoms. The molecule has 0 saturated carbocycles. The molecule has 0 amide bonds. The predicted molar refractivity (Wildman–Crippen MR) is 120 cm³/mol. The van der Waals surface area contributed by atoms with E-state index in [1.165, 1.54) is 0 Å². The maximum absolute atomic E-state index is 8.36. The Morgan fingerprint density at radius 1 is 0.562 bits per heavy atom. The predicted octanol–water partition coefficient (Wildman–Crippen LogP) is 0.804. The van der Waals surface area contributed by atoms with Crippen molar-refractivity contribution < 1.29 is 17.8 Å². The van der Waals surface area contributed by atoms with Crippen LogP contribution in [0.4, 0.5) is 0 Å². The van der Waals surface area contributed by atoms with Gasteiger partial charge in [0.2, 0.25) is 49.8 Å². The minimum atomic E-state index is 0.194. The molecule has 0 atom stereocenters. The van der Waals surface area contributed by atoms with Crippen molar-refractivity contribution in [3.05, 3.63) is 51.9 Å². The van der Waals surface area contributed by atoms with Crippen LogP contribution < -0.4 is 15.0 Å². The summed E-state index contributed by atoms with van der Waals surface area (Å²) in [6, 6.07) is 0. The van der Waals surface area contributed by atoms with Crippen molar-refractivity contribution in [1.29, 1.82) is 0 Å². The Hall–Kier alpha value is -3.01. The van der Waals surface area contributed by atoms with E-state index < -0.39 is 0 Å². The number of aromatic nitrogens is 12. The molecule has 161 valence electrons. The summed E-state index contributed by atoms with van der Waals surface area (Å²) >= 11 is 15.1. The van der Waals surface area contributed by atoms with Crippen LogP contribution in [-0.2, 0) is 2.81 Å². The van der Waals surface area contributed by atoms with Gasteiger partial charge >= 0.3 is 27.5 Å². The first-order valence-electron chi connectivity index (χ1n) is 8.59. The molecule has 1 radical (unpaired) electrons. The van der Waals surface area contributed by atoms with E-state index in [2.05, 4.69) is 59.8 Å². The Morgan fingerprint density at radius 2 is 0.844 bits per heavy atom. The van der Waals surface area contributed by atoms with Crippen LogP contribution in [0.25, 0.3) is 33.5 Å². The molecule has 9 N–H and O–H groups in total. The number of nitrogens with zero attached hydrogens (tertiary/aromatic N) is 3.